The number of hydrogen-bond acceptors (Lipinski definition) is 2. The molecule has 0 atom stereocenters. The molecule has 0 unspecified atom stereocenters. The van der Waals surface area contributed by atoms with E-state index in [9.17, 15) is 0 Å². The Kier molecular flexibility index (Phi) is 4.15. The van der Waals surface area contributed by atoms with Crippen molar-refractivity contribution in [1.82, 2.24) is 9.55 Å². The van der Waals surface area contributed by atoms with E-state index in [1.807, 2.05) is 6.07 Å². The van der Waals surface area contributed by atoms with Gasteiger partial charge in [-0.25, -0.2) is 4.98 Å². The quantitative estimate of drug-likeness (QED) is 0.778. The van der Waals surface area contributed by atoms with E-state index in [0.29, 0.717) is 0 Å². The van der Waals surface area contributed by atoms with E-state index >= 15 is 0 Å². The second-order valence-corrected chi connectivity index (χ2v) is 4.35. The maximum Gasteiger partial charge on any atom is 0.109 e. The van der Waals surface area contributed by atoms with Crippen molar-refractivity contribution >= 4 is 11.0 Å². The van der Waals surface area contributed by atoms with Crippen LogP contribution in [-0.2, 0) is 13.0 Å². The molecule has 0 fully saturated rings. The summed E-state index contributed by atoms with van der Waals surface area (Å²) in [6.07, 6.45) is 3.93. The van der Waals surface area contributed by atoms with Gasteiger partial charge in [-0.2, -0.15) is 0 Å². The standard InChI is InChI=1S/C14H20N2O/c1-2-10-16-13-8-4-3-7-12(13)15-14(16)9-5-6-11-17/h3-4,7-8,17H,2,5-6,9-11H2,1H3. The van der Waals surface area contributed by atoms with Crippen LogP contribution in [0, 0.1) is 0 Å². The van der Waals surface area contributed by atoms with Crippen LogP contribution in [0.5, 0.6) is 0 Å². The summed E-state index contributed by atoms with van der Waals surface area (Å²) < 4.78 is 2.31. The number of hydrogen-bond donors (Lipinski definition) is 1. The Morgan fingerprint density at radius 3 is 2.82 bits per heavy atom. The Labute approximate surface area is 102 Å². The van der Waals surface area contributed by atoms with Crippen molar-refractivity contribution in [2.45, 2.75) is 39.2 Å². The number of aliphatic hydroxyl groups excluding tert-OH is 1. The Morgan fingerprint density at radius 1 is 1.24 bits per heavy atom. The number of aromatic nitrogens is 2. The average molecular weight is 232 g/mol. The van der Waals surface area contributed by atoms with Gasteiger partial charge in [-0.05, 0) is 31.4 Å². The molecule has 0 saturated heterocycles. The molecule has 92 valence electrons. The fourth-order valence-electron chi connectivity index (χ4n) is 2.18. The van der Waals surface area contributed by atoms with Crippen molar-refractivity contribution in [2.24, 2.45) is 0 Å². The lowest BCUT2D eigenvalue weighted by Gasteiger charge is -2.07. The second-order valence-electron chi connectivity index (χ2n) is 4.35. The van der Waals surface area contributed by atoms with Crippen molar-refractivity contribution < 1.29 is 5.11 Å². The van der Waals surface area contributed by atoms with Gasteiger partial charge in [0.25, 0.3) is 0 Å². The van der Waals surface area contributed by atoms with Gasteiger partial charge >= 0.3 is 0 Å². The highest BCUT2D eigenvalue weighted by atomic mass is 16.2. The van der Waals surface area contributed by atoms with E-state index in [2.05, 4.69) is 34.7 Å². The minimum absolute atomic E-state index is 0.272. The summed E-state index contributed by atoms with van der Waals surface area (Å²) in [5, 5.41) is 8.83. The minimum atomic E-state index is 0.272. The van der Waals surface area contributed by atoms with Crippen LogP contribution in [0.3, 0.4) is 0 Å². The lowest BCUT2D eigenvalue weighted by molar-refractivity contribution is 0.284. The molecule has 17 heavy (non-hydrogen) atoms. The highest BCUT2D eigenvalue weighted by Gasteiger charge is 2.08. The molecule has 1 aromatic carbocycles. The number of benzene rings is 1. The van der Waals surface area contributed by atoms with Crippen molar-refractivity contribution in [3.63, 3.8) is 0 Å². The van der Waals surface area contributed by atoms with Crippen molar-refractivity contribution in [3.05, 3.63) is 30.1 Å². The van der Waals surface area contributed by atoms with E-state index < -0.39 is 0 Å². The van der Waals surface area contributed by atoms with Crippen LogP contribution in [0.4, 0.5) is 0 Å². The predicted octanol–water partition coefficient (Wildman–Crippen LogP) is 2.76. The van der Waals surface area contributed by atoms with E-state index in [-0.39, 0.29) is 6.61 Å². The van der Waals surface area contributed by atoms with Gasteiger partial charge in [0.15, 0.2) is 0 Å². The van der Waals surface area contributed by atoms with E-state index in [1.165, 1.54) is 5.52 Å². The van der Waals surface area contributed by atoms with Crippen LogP contribution < -0.4 is 0 Å². The van der Waals surface area contributed by atoms with Crippen LogP contribution in [0.1, 0.15) is 32.0 Å². The summed E-state index contributed by atoms with van der Waals surface area (Å²) in [7, 11) is 0. The Hall–Kier alpha value is -1.35. The van der Waals surface area contributed by atoms with Crippen LogP contribution in [0.25, 0.3) is 11.0 Å². The summed E-state index contributed by atoms with van der Waals surface area (Å²) in [6.45, 7) is 3.48. The molecule has 1 heterocycles. The summed E-state index contributed by atoms with van der Waals surface area (Å²) in [6, 6.07) is 8.29. The van der Waals surface area contributed by atoms with Gasteiger partial charge in [-0.3, -0.25) is 0 Å². The topological polar surface area (TPSA) is 38.0 Å². The molecule has 0 saturated carbocycles. The number of fused-ring (bicyclic) bond motifs is 1. The molecule has 3 heteroatoms. The first-order valence-electron chi connectivity index (χ1n) is 6.41. The second kappa shape index (κ2) is 5.82. The van der Waals surface area contributed by atoms with Gasteiger partial charge < -0.3 is 9.67 Å². The summed E-state index contributed by atoms with van der Waals surface area (Å²) >= 11 is 0. The number of rotatable bonds is 6. The Bertz CT molecular complexity index is 476. The molecule has 2 rings (SSSR count). The number of aryl methyl sites for hydroxylation is 2. The first kappa shape index (κ1) is 12.1. The largest absolute Gasteiger partial charge is 0.396 e. The maximum atomic E-state index is 8.83. The molecule has 0 spiro atoms. The fourth-order valence-corrected chi connectivity index (χ4v) is 2.18. The summed E-state index contributed by atoms with van der Waals surface area (Å²) in [5.74, 6) is 1.15. The smallest absolute Gasteiger partial charge is 0.109 e. The minimum Gasteiger partial charge on any atom is -0.396 e. The summed E-state index contributed by atoms with van der Waals surface area (Å²) in [5.41, 5.74) is 2.31. The zero-order valence-electron chi connectivity index (χ0n) is 10.4. The molecule has 0 aliphatic heterocycles. The highest BCUT2D eigenvalue weighted by molar-refractivity contribution is 5.75. The highest BCUT2D eigenvalue weighted by Crippen LogP contribution is 2.17. The molecule has 3 nitrogen and oxygen atoms in total. The fraction of sp³-hybridized carbons (Fsp3) is 0.500. The van der Waals surface area contributed by atoms with Crippen molar-refractivity contribution in [1.29, 1.82) is 0 Å². The Morgan fingerprint density at radius 2 is 2.06 bits per heavy atom. The van der Waals surface area contributed by atoms with Crippen LogP contribution in [0.15, 0.2) is 24.3 Å². The molecular formula is C14H20N2O. The zero-order valence-corrected chi connectivity index (χ0v) is 10.4. The molecular weight excluding hydrogens is 212 g/mol. The van der Waals surface area contributed by atoms with Gasteiger partial charge in [0.2, 0.25) is 0 Å². The summed E-state index contributed by atoms with van der Waals surface area (Å²) in [4.78, 5) is 4.68. The third kappa shape index (κ3) is 2.67. The van der Waals surface area contributed by atoms with Crippen LogP contribution in [0.2, 0.25) is 0 Å². The van der Waals surface area contributed by atoms with Crippen LogP contribution in [-0.4, -0.2) is 21.3 Å². The monoisotopic (exact) mass is 232 g/mol. The molecule has 0 bridgehead atoms. The number of nitrogens with zero attached hydrogens (tertiary/aromatic N) is 2. The first-order valence-corrected chi connectivity index (χ1v) is 6.41. The lowest BCUT2D eigenvalue weighted by Crippen LogP contribution is -2.03. The SMILES string of the molecule is CCCn1c(CCCCO)nc2ccccc21. The molecule has 2 aromatic rings. The number of imidazole rings is 1. The molecule has 1 aromatic heterocycles. The predicted molar refractivity (Wildman–Crippen MR) is 70.0 cm³/mol. The third-order valence-electron chi connectivity index (χ3n) is 2.99. The Balaban J connectivity index is 2.29. The van der Waals surface area contributed by atoms with Crippen molar-refractivity contribution in [3.8, 4) is 0 Å². The van der Waals surface area contributed by atoms with Gasteiger partial charge in [0.05, 0.1) is 11.0 Å². The van der Waals surface area contributed by atoms with Crippen molar-refractivity contribution in [2.75, 3.05) is 6.61 Å². The normalized spacial score (nSPS) is 11.2. The number of unbranched alkanes of at least 4 members (excludes halogenated alkanes) is 1. The molecule has 0 aliphatic carbocycles. The average Bonchev–Trinajstić information content (AvgIpc) is 2.69. The van der Waals surface area contributed by atoms with E-state index in [0.717, 1.165) is 43.6 Å². The van der Waals surface area contributed by atoms with E-state index in [4.69, 9.17) is 5.11 Å². The van der Waals surface area contributed by atoms with Gasteiger partial charge in [0.1, 0.15) is 5.82 Å². The first-order chi connectivity index (χ1) is 8.36. The molecule has 0 radical (unpaired) electrons. The van der Waals surface area contributed by atoms with E-state index in [1.54, 1.807) is 0 Å². The van der Waals surface area contributed by atoms with Crippen LogP contribution >= 0.6 is 0 Å². The number of para-hydroxylation sites is 2. The van der Waals surface area contributed by atoms with Gasteiger partial charge in [0, 0.05) is 19.6 Å². The van der Waals surface area contributed by atoms with Gasteiger partial charge in [-0.15, -0.1) is 0 Å². The third-order valence-corrected chi connectivity index (χ3v) is 2.99. The van der Waals surface area contributed by atoms with Gasteiger partial charge in [-0.1, -0.05) is 19.1 Å². The zero-order chi connectivity index (χ0) is 12.1. The molecule has 0 amide bonds. The maximum absolute atomic E-state index is 8.83. The molecule has 0 aliphatic rings. The molecule has 1 N–H and O–H groups in total. The number of aliphatic hydroxyl groups is 1. The lowest BCUT2D eigenvalue weighted by atomic mass is 10.2.